The van der Waals surface area contributed by atoms with Crippen molar-refractivity contribution in [2.45, 2.75) is 58.2 Å². The summed E-state index contributed by atoms with van der Waals surface area (Å²) in [4.78, 5) is 14.0. The molecule has 2 unspecified atom stereocenters. The average molecular weight is 544 g/mol. The van der Waals surface area contributed by atoms with Gasteiger partial charge >= 0.3 is 0 Å². The summed E-state index contributed by atoms with van der Waals surface area (Å²) in [5, 5.41) is 23.0. The second-order valence-electron chi connectivity index (χ2n) is 10.1. The molecule has 2 aromatic heterocycles. The summed E-state index contributed by atoms with van der Waals surface area (Å²) < 4.78 is 7.77. The van der Waals surface area contributed by atoms with Gasteiger partial charge in [-0.1, -0.05) is 56.3 Å². The molecule has 36 heavy (non-hydrogen) atoms. The molecule has 190 valence electrons. The summed E-state index contributed by atoms with van der Waals surface area (Å²) in [6.45, 7) is 8.68. The Morgan fingerprint density at radius 3 is 2.83 bits per heavy atom. The maximum absolute atomic E-state index is 12.8. The number of benzene rings is 1. The molecule has 7 nitrogen and oxygen atoms in total. The van der Waals surface area contributed by atoms with Crippen LogP contribution in [-0.2, 0) is 24.7 Å². The number of nitrogens with one attached hydrogen (secondary N) is 1. The monoisotopic (exact) mass is 543 g/mol. The van der Waals surface area contributed by atoms with Gasteiger partial charge in [0.2, 0.25) is 5.91 Å². The van der Waals surface area contributed by atoms with Crippen LogP contribution >= 0.6 is 34.7 Å². The van der Waals surface area contributed by atoms with Gasteiger partial charge < -0.3 is 14.6 Å². The Morgan fingerprint density at radius 1 is 1.39 bits per heavy atom. The number of hydrogen-bond donors (Lipinski definition) is 1. The van der Waals surface area contributed by atoms with Gasteiger partial charge in [0.05, 0.1) is 16.3 Å². The number of carbonyl (C=O) groups excluding carboxylic acids is 1. The fraction of sp³-hybridized carbons (Fsp3) is 0.462. The van der Waals surface area contributed by atoms with Crippen molar-refractivity contribution in [3.05, 3.63) is 51.1 Å². The molecule has 0 fully saturated rings. The normalized spacial score (nSPS) is 16.2. The highest BCUT2D eigenvalue weighted by molar-refractivity contribution is 7.99. The zero-order valence-corrected chi connectivity index (χ0v) is 23.5. The highest BCUT2D eigenvalue weighted by Crippen LogP contribution is 2.44. The number of nitriles is 1. The Bertz CT molecular complexity index is 1300. The van der Waals surface area contributed by atoms with Crippen LogP contribution in [0.5, 0.6) is 5.75 Å². The molecule has 10 heteroatoms. The summed E-state index contributed by atoms with van der Waals surface area (Å²) >= 11 is 9.03. The van der Waals surface area contributed by atoms with Crippen molar-refractivity contribution in [2.24, 2.45) is 18.4 Å². The predicted molar refractivity (Wildman–Crippen MR) is 145 cm³/mol. The molecule has 1 aliphatic rings. The zero-order chi connectivity index (χ0) is 26.0. The van der Waals surface area contributed by atoms with Crippen LogP contribution in [0.4, 0.5) is 5.00 Å². The number of nitrogens with zero attached hydrogens (tertiary/aromatic N) is 4. The number of ether oxygens (including phenoxy) is 1. The van der Waals surface area contributed by atoms with E-state index in [0.29, 0.717) is 38.2 Å². The van der Waals surface area contributed by atoms with E-state index in [0.717, 1.165) is 24.8 Å². The lowest BCUT2D eigenvalue weighted by Gasteiger charge is -2.33. The van der Waals surface area contributed by atoms with Crippen LogP contribution in [0.15, 0.2) is 29.4 Å². The lowest BCUT2D eigenvalue weighted by molar-refractivity contribution is -0.113. The average Bonchev–Trinajstić information content (AvgIpc) is 3.37. The number of carbonyl (C=O) groups is 1. The van der Waals surface area contributed by atoms with Gasteiger partial charge in [-0.15, -0.1) is 21.5 Å². The fourth-order valence-electron chi connectivity index (χ4n) is 4.41. The third kappa shape index (κ3) is 5.72. The first-order valence-corrected chi connectivity index (χ1v) is 14.0. The lowest BCUT2D eigenvalue weighted by Crippen LogP contribution is -2.26. The molecule has 1 aromatic carbocycles. The van der Waals surface area contributed by atoms with Crippen molar-refractivity contribution in [3.63, 3.8) is 0 Å². The first-order valence-electron chi connectivity index (χ1n) is 11.9. The van der Waals surface area contributed by atoms with Crippen molar-refractivity contribution in [1.29, 1.82) is 5.26 Å². The van der Waals surface area contributed by atoms with E-state index in [4.69, 9.17) is 16.3 Å². The van der Waals surface area contributed by atoms with Gasteiger partial charge in [-0.05, 0) is 55.2 Å². The summed E-state index contributed by atoms with van der Waals surface area (Å²) in [6.07, 6.45) is 2.53. The smallest absolute Gasteiger partial charge is 0.235 e. The minimum atomic E-state index is -0.377. The van der Waals surface area contributed by atoms with Gasteiger partial charge in [0.15, 0.2) is 17.1 Å². The van der Waals surface area contributed by atoms with Crippen LogP contribution in [0.1, 0.15) is 62.0 Å². The van der Waals surface area contributed by atoms with Gasteiger partial charge in [-0.3, -0.25) is 4.79 Å². The number of hydrogen-bond acceptors (Lipinski definition) is 7. The molecule has 4 rings (SSSR count). The number of aromatic nitrogens is 3. The van der Waals surface area contributed by atoms with E-state index in [1.807, 2.05) is 30.7 Å². The quantitative estimate of drug-likeness (QED) is 0.345. The van der Waals surface area contributed by atoms with Crippen molar-refractivity contribution in [3.8, 4) is 11.8 Å². The Balaban J connectivity index is 1.39. The van der Waals surface area contributed by atoms with Gasteiger partial charge in [0.1, 0.15) is 16.8 Å². The maximum Gasteiger partial charge on any atom is 0.235 e. The largest absolute Gasteiger partial charge is 0.481 e. The predicted octanol–water partition coefficient (Wildman–Crippen LogP) is 6.42. The molecule has 0 radical (unpaired) electrons. The fourth-order valence-corrected chi connectivity index (χ4v) is 6.61. The number of halogens is 1. The second kappa shape index (κ2) is 10.8. The zero-order valence-electron chi connectivity index (χ0n) is 21.1. The molecule has 2 atom stereocenters. The molecule has 2 heterocycles. The maximum atomic E-state index is 12.8. The molecule has 1 amide bonds. The van der Waals surface area contributed by atoms with Crippen LogP contribution in [0.2, 0.25) is 5.02 Å². The third-order valence-electron chi connectivity index (χ3n) is 6.56. The van der Waals surface area contributed by atoms with E-state index in [2.05, 4.69) is 42.4 Å². The Labute approximate surface area is 225 Å². The Kier molecular flexibility index (Phi) is 7.98. The Morgan fingerprint density at radius 2 is 2.14 bits per heavy atom. The van der Waals surface area contributed by atoms with Crippen LogP contribution in [0.25, 0.3) is 0 Å². The molecule has 0 saturated carbocycles. The van der Waals surface area contributed by atoms with Crippen LogP contribution in [0, 0.1) is 22.7 Å². The van der Waals surface area contributed by atoms with Crippen molar-refractivity contribution in [1.82, 2.24) is 14.8 Å². The van der Waals surface area contributed by atoms with Crippen molar-refractivity contribution >= 4 is 45.6 Å². The van der Waals surface area contributed by atoms with Gasteiger partial charge in [0.25, 0.3) is 0 Å². The summed E-state index contributed by atoms with van der Waals surface area (Å²) in [5.74, 6) is 1.76. The first-order chi connectivity index (χ1) is 17.1. The second-order valence-corrected chi connectivity index (χ2v) is 12.5. The standard InChI is InChI=1S/C26H30ClN5O2S2/c1-15(34-20-9-7-6-8-19(20)27)23-30-31-25(32(23)5)35-14-22(33)29-24-18(13-28)17-11-10-16(26(2,3)4)12-21(17)36-24/h6-9,15-16H,10-12,14H2,1-5H3,(H,29,33). The van der Waals surface area contributed by atoms with Crippen molar-refractivity contribution < 1.29 is 9.53 Å². The number of rotatable bonds is 7. The SMILES string of the molecule is CC(Oc1ccccc1Cl)c1nnc(SCC(=O)Nc2sc3c(c2C#N)CCC(C(C)(C)C)C3)n1C. The number of para-hydroxylation sites is 1. The van der Waals surface area contributed by atoms with Gasteiger partial charge in [-0.25, -0.2) is 0 Å². The molecule has 0 spiro atoms. The molecular formula is C26H30ClN5O2S2. The van der Waals surface area contributed by atoms with Crippen LogP contribution < -0.4 is 10.1 Å². The van der Waals surface area contributed by atoms with Gasteiger partial charge in [-0.2, -0.15) is 5.26 Å². The Hall–Kier alpha value is -2.54. The van der Waals surface area contributed by atoms with Crippen LogP contribution in [-0.4, -0.2) is 26.4 Å². The summed E-state index contributed by atoms with van der Waals surface area (Å²) in [6, 6.07) is 9.59. The number of fused-ring (bicyclic) bond motifs is 1. The number of thioether (sulfide) groups is 1. The highest BCUT2D eigenvalue weighted by atomic mass is 35.5. The summed E-state index contributed by atoms with van der Waals surface area (Å²) in [7, 11) is 1.84. The number of thiophene rings is 1. The third-order valence-corrected chi connectivity index (χ3v) is 9.06. The van der Waals surface area contributed by atoms with E-state index in [1.54, 1.807) is 23.5 Å². The van der Waals surface area contributed by atoms with E-state index >= 15 is 0 Å². The van der Waals surface area contributed by atoms with E-state index in [1.165, 1.54) is 16.6 Å². The molecule has 3 aromatic rings. The van der Waals surface area contributed by atoms with E-state index < -0.39 is 0 Å². The number of anilines is 1. The molecule has 0 saturated heterocycles. The molecule has 1 aliphatic carbocycles. The van der Waals surface area contributed by atoms with Crippen LogP contribution in [0.3, 0.4) is 0 Å². The summed E-state index contributed by atoms with van der Waals surface area (Å²) in [5.41, 5.74) is 1.95. The lowest BCUT2D eigenvalue weighted by atomic mass is 9.72. The van der Waals surface area contributed by atoms with E-state index in [-0.39, 0.29) is 23.2 Å². The molecule has 0 aliphatic heterocycles. The number of amides is 1. The van der Waals surface area contributed by atoms with Gasteiger partial charge in [0, 0.05) is 11.9 Å². The molecule has 1 N–H and O–H groups in total. The molecule has 0 bridgehead atoms. The topological polar surface area (TPSA) is 92.8 Å². The minimum absolute atomic E-state index is 0.157. The minimum Gasteiger partial charge on any atom is -0.481 e. The first kappa shape index (κ1) is 26.5. The highest BCUT2D eigenvalue weighted by Gasteiger charge is 2.32. The van der Waals surface area contributed by atoms with E-state index in [9.17, 15) is 10.1 Å². The molecular weight excluding hydrogens is 514 g/mol. The van der Waals surface area contributed by atoms with Crippen molar-refractivity contribution in [2.75, 3.05) is 11.1 Å².